The average Bonchev–Trinajstić information content (AvgIpc) is 2.42. The molecule has 0 aromatic heterocycles. The summed E-state index contributed by atoms with van der Waals surface area (Å²) in [6.07, 6.45) is 6.84. The van der Waals surface area contributed by atoms with Crippen LogP contribution in [0.2, 0.25) is 0 Å². The standard InChI is InChI=1S/C17H28N2/c1-15-9-5-6-10-16(15)13-18-14-17(19(2)3)11-7-4-8-12-17/h5-6,9-10,18H,4,7-8,11-14H2,1-3H3. The molecule has 2 rings (SSSR count). The van der Waals surface area contributed by atoms with Crippen molar-refractivity contribution < 1.29 is 0 Å². The second-order valence-electron chi connectivity index (χ2n) is 6.21. The lowest BCUT2D eigenvalue weighted by Gasteiger charge is -2.43. The van der Waals surface area contributed by atoms with Crippen LogP contribution in [-0.4, -0.2) is 31.1 Å². The van der Waals surface area contributed by atoms with E-state index >= 15 is 0 Å². The molecule has 106 valence electrons. The van der Waals surface area contributed by atoms with Crippen molar-refractivity contribution in [2.24, 2.45) is 0 Å². The van der Waals surface area contributed by atoms with Gasteiger partial charge in [-0.3, -0.25) is 0 Å². The fraction of sp³-hybridized carbons (Fsp3) is 0.647. The van der Waals surface area contributed by atoms with E-state index in [1.54, 1.807) is 0 Å². The zero-order valence-corrected chi connectivity index (χ0v) is 12.7. The fourth-order valence-corrected chi connectivity index (χ4v) is 3.23. The van der Waals surface area contributed by atoms with Crippen LogP contribution in [0.5, 0.6) is 0 Å². The van der Waals surface area contributed by atoms with Gasteiger partial charge in [0.05, 0.1) is 0 Å². The van der Waals surface area contributed by atoms with E-state index in [-0.39, 0.29) is 0 Å². The second kappa shape index (κ2) is 6.53. The molecule has 1 N–H and O–H groups in total. The first kappa shape index (κ1) is 14.5. The molecule has 1 aromatic carbocycles. The predicted molar refractivity (Wildman–Crippen MR) is 82.4 cm³/mol. The highest BCUT2D eigenvalue weighted by atomic mass is 15.2. The van der Waals surface area contributed by atoms with Gasteiger partial charge in [-0.15, -0.1) is 0 Å². The maximum Gasteiger partial charge on any atom is 0.0328 e. The van der Waals surface area contributed by atoms with Crippen LogP contribution in [-0.2, 0) is 6.54 Å². The van der Waals surface area contributed by atoms with Gasteiger partial charge in [-0.05, 0) is 45.0 Å². The van der Waals surface area contributed by atoms with Crippen LogP contribution in [0.3, 0.4) is 0 Å². The van der Waals surface area contributed by atoms with E-state index in [0.29, 0.717) is 5.54 Å². The smallest absolute Gasteiger partial charge is 0.0328 e. The summed E-state index contributed by atoms with van der Waals surface area (Å²) in [4.78, 5) is 2.44. The van der Waals surface area contributed by atoms with Crippen molar-refractivity contribution in [3.63, 3.8) is 0 Å². The van der Waals surface area contributed by atoms with Gasteiger partial charge in [0.25, 0.3) is 0 Å². The first-order chi connectivity index (χ1) is 9.14. The molecular weight excluding hydrogens is 232 g/mol. The number of likely N-dealkylation sites (N-methyl/N-ethyl adjacent to an activating group) is 1. The molecular formula is C17H28N2. The zero-order chi connectivity index (χ0) is 13.7. The number of hydrogen-bond donors (Lipinski definition) is 1. The topological polar surface area (TPSA) is 15.3 Å². The molecule has 1 aliphatic carbocycles. The summed E-state index contributed by atoms with van der Waals surface area (Å²) in [5, 5.41) is 3.69. The number of benzene rings is 1. The second-order valence-corrected chi connectivity index (χ2v) is 6.21. The van der Waals surface area contributed by atoms with Crippen LogP contribution in [0.1, 0.15) is 43.2 Å². The van der Waals surface area contributed by atoms with Gasteiger partial charge in [-0.2, -0.15) is 0 Å². The van der Waals surface area contributed by atoms with Gasteiger partial charge in [0, 0.05) is 18.6 Å². The summed E-state index contributed by atoms with van der Waals surface area (Å²) in [6.45, 7) is 4.29. The molecule has 1 aliphatic rings. The van der Waals surface area contributed by atoms with Crippen LogP contribution < -0.4 is 5.32 Å². The first-order valence-electron chi connectivity index (χ1n) is 7.57. The van der Waals surface area contributed by atoms with Crippen molar-refractivity contribution in [3.8, 4) is 0 Å². The number of hydrogen-bond acceptors (Lipinski definition) is 2. The molecule has 0 saturated heterocycles. The summed E-state index contributed by atoms with van der Waals surface area (Å²) in [6, 6.07) is 8.67. The monoisotopic (exact) mass is 260 g/mol. The van der Waals surface area contributed by atoms with Crippen LogP contribution >= 0.6 is 0 Å². The highest BCUT2D eigenvalue weighted by Crippen LogP contribution is 2.31. The van der Waals surface area contributed by atoms with Crippen LogP contribution in [0.15, 0.2) is 24.3 Å². The normalized spacial score (nSPS) is 18.7. The van der Waals surface area contributed by atoms with Crippen molar-refractivity contribution in [2.75, 3.05) is 20.6 Å². The molecule has 0 bridgehead atoms. The van der Waals surface area contributed by atoms with Crippen molar-refractivity contribution in [3.05, 3.63) is 35.4 Å². The van der Waals surface area contributed by atoms with Gasteiger partial charge in [0.15, 0.2) is 0 Å². The molecule has 2 nitrogen and oxygen atoms in total. The Balaban J connectivity index is 1.91. The van der Waals surface area contributed by atoms with Gasteiger partial charge < -0.3 is 10.2 Å². The molecule has 0 atom stereocenters. The molecule has 1 saturated carbocycles. The van der Waals surface area contributed by atoms with Crippen LogP contribution in [0, 0.1) is 6.92 Å². The summed E-state index contributed by atoms with van der Waals surface area (Å²) in [7, 11) is 4.47. The molecule has 2 heteroatoms. The maximum absolute atomic E-state index is 3.69. The summed E-state index contributed by atoms with van der Waals surface area (Å²) >= 11 is 0. The Morgan fingerprint density at radius 3 is 2.42 bits per heavy atom. The highest BCUT2D eigenvalue weighted by Gasteiger charge is 2.33. The van der Waals surface area contributed by atoms with E-state index in [2.05, 4.69) is 55.5 Å². The molecule has 0 aliphatic heterocycles. The minimum absolute atomic E-state index is 0.376. The Bertz CT molecular complexity index is 392. The third kappa shape index (κ3) is 3.58. The molecule has 0 spiro atoms. The van der Waals surface area contributed by atoms with Crippen LogP contribution in [0.4, 0.5) is 0 Å². The lowest BCUT2D eigenvalue weighted by molar-refractivity contribution is 0.0984. The van der Waals surface area contributed by atoms with Gasteiger partial charge in [-0.25, -0.2) is 0 Å². The van der Waals surface area contributed by atoms with E-state index in [9.17, 15) is 0 Å². The van der Waals surface area contributed by atoms with E-state index in [1.807, 2.05) is 0 Å². The largest absolute Gasteiger partial charge is 0.311 e. The number of aryl methyl sites for hydroxylation is 1. The van der Waals surface area contributed by atoms with E-state index in [0.717, 1.165) is 13.1 Å². The van der Waals surface area contributed by atoms with Gasteiger partial charge >= 0.3 is 0 Å². The van der Waals surface area contributed by atoms with Gasteiger partial charge in [0.1, 0.15) is 0 Å². The van der Waals surface area contributed by atoms with Crippen molar-refractivity contribution >= 4 is 0 Å². The van der Waals surface area contributed by atoms with E-state index < -0.39 is 0 Å². The molecule has 0 unspecified atom stereocenters. The quantitative estimate of drug-likeness (QED) is 0.873. The van der Waals surface area contributed by atoms with Crippen molar-refractivity contribution in [1.82, 2.24) is 10.2 Å². The lowest BCUT2D eigenvalue weighted by Crippen LogP contribution is -2.52. The van der Waals surface area contributed by atoms with Gasteiger partial charge in [-0.1, -0.05) is 43.5 Å². The SMILES string of the molecule is Cc1ccccc1CNCC1(N(C)C)CCCCC1. The minimum Gasteiger partial charge on any atom is -0.311 e. The summed E-state index contributed by atoms with van der Waals surface area (Å²) in [5.74, 6) is 0. The number of nitrogens with one attached hydrogen (secondary N) is 1. The molecule has 0 heterocycles. The highest BCUT2D eigenvalue weighted by molar-refractivity contribution is 5.25. The Hall–Kier alpha value is -0.860. The Labute approximate surface area is 118 Å². The summed E-state index contributed by atoms with van der Waals surface area (Å²) < 4.78 is 0. The third-order valence-corrected chi connectivity index (χ3v) is 4.76. The third-order valence-electron chi connectivity index (χ3n) is 4.76. The lowest BCUT2D eigenvalue weighted by atomic mass is 9.80. The molecule has 0 radical (unpaired) electrons. The Morgan fingerprint density at radius 2 is 1.79 bits per heavy atom. The van der Waals surface area contributed by atoms with Crippen LogP contribution in [0.25, 0.3) is 0 Å². The van der Waals surface area contributed by atoms with Crippen molar-refractivity contribution in [2.45, 2.75) is 51.1 Å². The number of nitrogens with zero attached hydrogens (tertiary/aromatic N) is 1. The Morgan fingerprint density at radius 1 is 1.11 bits per heavy atom. The average molecular weight is 260 g/mol. The van der Waals surface area contributed by atoms with E-state index in [4.69, 9.17) is 0 Å². The predicted octanol–water partition coefficient (Wildman–Crippen LogP) is 3.35. The van der Waals surface area contributed by atoms with Crippen molar-refractivity contribution in [1.29, 1.82) is 0 Å². The minimum atomic E-state index is 0.376. The van der Waals surface area contributed by atoms with E-state index in [1.165, 1.54) is 43.2 Å². The molecule has 0 amide bonds. The maximum atomic E-state index is 3.69. The number of rotatable bonds is 5. The first-order valence-corrected chi connectivity index (χ1v) is 7.57. The summed E-state index contributed by atoms with van der Waals surface area (Å²) in [5.41, 5.74) is 3.19. The fourth-order valence-electron chi connectivity index (χ4n) is 3.23. The Kier molecular flexibility index (Phi) is 5.00. The molecule has 1 aromatic rings. The molecule has 1 fully saturated rings. The van der Waals surface area contributed by atoms with Gasteiger partial charge in [0.2, 0.25) is 0 Å². The zero-order valence-electron chi connectivity index (χ0n) is 12.7. The molecule has 19 heavy (non-hydrogen) atoms.